The van der Waals surface area contributed by atoms with Crippen molar-refractivity contribution in [2.75, 3.05) is 37.6 Å². The number of hydrogen-bond donors (Lipinski definition) is 1. The van der Waals surface area contributed by atoms with Gasteiger partial charge in [0.25, 0.3) is 0 Å². The Kier molecular flexibility index (Phi) is 7.19. The van der Waals surface area contributed by atoms with Crippen LogP contribution in [-0.4, -0.2) is 54.8 Å². The Morgan fingerprint density at radius 2 is 1.81 bits per heavy atom. The molecule has 2 aromatic rings. The monoisotopic (exact) mass is 453 g/mol. The maximum atomic E-state index is 11.5. The van der Waals surface area contributed by atoms with Crippen LogP contribution in [0.25, 0.3) is 0 Å². The van der Waals surface area contributed by atoms with Gasteiger partial charge in [-0.3, -0.25) is 0 Å². The van der Waals surface area contributed by atoms with Gasteiger partial charge in [-0.15, -0.1) is 0 Å². The summed E-state index contributed by atoms with van der Waals surface area (Å²) in [7, 11) is 0. The fourth-order valence-electron chi connectivity index (χ4n) is 4.71. The van der Waals surface area contributed by atoms with E-state index in [-0.39, 0.29) is 6.10 Å². The molecule has 6 nitrogen and oxygen atoms in total. The smallest absolute Gasteiger partial charge is 0.337 e. The van der Waals surface area contributed by atoms with Crippen molar-refractivity contribution in [2.45, 2.75) is 31.8 Å². The van der Waals surface area contributed by atoms with Gasteiger partial charge in [0.2, 0.25) is 0 Å². The molecule has 0 aromatic heterocycles. The number of para-hydroxylation sites is 1. The largest absolute Gasteiger partial charge is 0.490 e. The third kappa shape index (κ3) is 5.35. The van der Waals surface area contributed by atoms with Gasteiger partial charge in [0.1, 0.15) is 17.9 Å². The van der Waals surface area contributed by atoms with E-state index in [9.17, 15) is 9.90 Å². The van der Waals surface area contributed by atoms with Crippen molar-refractivity contribution in [3.8, 4) is 11.8 Å². The highest BCUT2D eigenvalue weighted by molar-refractivity contribution is 6.31. The molecule has 2 aliphatic rings. The number of halogens is 1. The first-order chi connectivity index (χ1) is 15.5. The van der Waals surface area contributed by atoms with Crippen LogP contribution in [0.3, 0.4) is 0 Å². The predicted molar refractivity (Wildman–Crippen MR) is 125 cm³/mol. The molecule has 0 saturated carbocycles. The number of aromatic carboxylic acids is 1. The summed E-state index contributed by atoms with van der Waals surface area (Å²) in [6.07, 6.45) is 4.28. The first kappa shape index (κ1) is 22.4. The molecular formula is C25H28ClN3O3. The number of nitrogens with zero attached hydrogens (tertiary/aromatic N) is 3. The van der Waals surface area contributed by atoms with E-state index in [0.717, 1.165) is 69.8 Å². The molecule has 4 rings (SSSR count). The minimum Gasteiger partial charge on any atom is -0.490 e. The number of piperidine rings is 2. The molecule has 2 heterocycles. The van der Waals surface area contributed by atoms with E-state index in [1.54, 1.807) is 24.3 Å². The van der Waals surface area contributed by atoms with E-state index < -0.39 is 5.97 Å². The highest BCUT2D eigenvalue weighted by atomic mass is 35.5. The van der Waals surface area contributed by atoms with Gasteiger partial charge in [-0.25, -0.2) is 4.79 Å². The number of nitriles is 1. The van der Waals surface area contributed by atoms with E-state index >= 15 is 0 Å². The van der Waals surface area contributed by atoms with Gasteiger partial charge in [-0.1, -0.05) is 23.7 Å². The van der Waals surface area contributed by atoms with Gasteiger partial charge in [0.15, 0.2) is 0 Å². The van der Waals surface area contributed by atoms with E-state index in [0.29, 0.717) is 22.1 Å². The van der Waals surface area contributed by atoms with Crippen LogP contribution < -0.4 is 9.64 Å². The average Bonchev–Trinajstić information content (AvgIpc) is 2.81. The number of carbonyl (C=O) groups is 1. The maximum absolute atomic E-state index is 11.5. The third-order valence-electron chi connectivity index (χ3n) is 6.50. The summed E-state index contributed by atoms with van der Waals surface area (Å²) in [5, 5.41) is 18.9. The molecule has 1 N–H and O–H groups in total. The van der Waals surface area contributed by atoms with Gasteiger partial charge in [-0.2, -0.15) is 5.26 Å². The topological polar surface area (TPSA) is 76.8 Å². The molecule has 0 unspecified atom stereocenters. The summed E-state index contributed by atoms with van der Waals surface area (Å²) >= 11 is 6.11. The van der Waals surface area contributed by atoms with Crippen LogP contribution in [0.4, 0.5) is 5.69 Å². The first-order valence-corrected chi connectivity index (χ1v) is 11.6. The number of carboxylic acids is 1. The molecule has 32 heavy (non-hydrogen) atoms. The van der Waals surface area contributed by atoms with E-state index in [2.05, 4.69) is 15.9 Å². The minimum atomic E-state index is -0.865. The van der Waals surface area contributed by atoms with Crippen molar-refractivity contribution in [1.82, 2.24) is 4.90 Å². The second-order valence-electron chi connectivity index (χ2n) is 8.62. The molecule has 2 fully saturated rings. The molecule has 0 bridgehead atoms. The fourth-order valence-corrected chi connectivity index (χ4v) is 4.93. The maximum Gasteiger partial charge on any atom is 0.337 e. The lowest BCUT2D eigenvalue weighted by molar-refractivity contribution is 0.0697. The molecule has 0 atom stereocenters. The van der Waals surface area contributed by atoms with Crippen molar-refractivity contribution in [1.29, 1.82) is 5.26 Å². The second kappa shape index (κ2) is 10.2. The first-order valence-electron chi connectivity index (χ1n) is 11.2. The number of carboxylic acid groups (broad SMARTS) is 1. The molecule has 2 aliphatic heterocycles. The molecule has 168 valence electrons. The lowest BCUT2D eigenvalue weighted by atomic mass is 9.94. The zero-order valence-corrected chi connectivity index (χ0v) is 18.8. The standard InChI is InChI=1S/C25H28ClN3O3/c26-23-15-21(6-5-19(23)16-27)32-20-9-11-28(12-10-20)17-18-7-13-29(14-8-18)24-4-2-1-3-22(24)25(30)31/h1-6,15,18,20H,7-14,17H2,(H,30,31). The zero-order valence-electron chi connectivity index (χ0n) is 18.0. The van der Waals surface area contributed by atoms with E-state index in [1.807, 2.05) is 18.2 Å². The number of rotatable bonds is 6. The number of ether oxygens (including phenoxy) is 1. The summed E-state index contributed by atoms with van der Waals surface area (Å²) in [4.78, 5) is 16.3. The van der Waals surface area contributed by atoms with Gasteiger partial charge in [0, 0.05) is 38.8 Å². The number of anilines is 1. The summed E-state index contributed by atoms with van der Waals surface area (Å²) in [6.45, 7) is 4.90. The van der Waals surface area contributed by atoms with Crippen LogP contribution >= 0.6 is 11.6 Å². The Labute approximate surface area is 194 Å². The second-order valence-corrected chi connectivity index (χ2v) is 9.03. The summed E-state index contributed by atoms with van der Waals surface area (Å²) in [5.74, 6) is 0.496. The summed E-state index contributed by atoms with van der Waals surface area (Å²) in [5.41, 5.74) is 1.68. The Hall–Kier alpha value is -2.75. The van der Waals surface area contributed by atoms with Crippen molar-refractivity contribution < 1.29 is 14.6 Å². The highest BCUT2D eigenvalue weighted by Gasteiger charge is 2.26. The fraction of sp³-hybridized carbons (Fsp3) is 0.440. The number of likely N-dealkylation sites (tertiary alicyclic amines) is 1. The van der Waals surface area contributed by atoms with Crippen molar-refractivity contribution in [3.63, 3.8) is 0 Å². The van der Waals surface area contributed by atoms with Crippen molar-refractivity contribution >= 4 is 23.3 Å². The average molecular weight is 454 g/mol. The Morgan fingerprint density at radius 1 is 1.09 bits per heavy atom. The van der Waals surface area contributed by atoms with Crippen molar-refractivity contribution in [3.05, 3.63) is 58.6 Å². The van der Waals surface area contributed by atoms with E-state index in [1.165, 1.54) is 0 Å². The predicted octanol–water partition coefficient (Wildman–Crippen LogP) is 4.67. The molecule has 7 heteroatoms. The SMILES string of the molecule is N#Cc1ccc(OC2CCN(CC3CCN(c4ccccc4C(=O)O)CC3)CC2)cc1Cl. The lowest BCUT2D eigenvalue weighted by Crippen LogP contribution is -2.43. The van der Waals surface area contributed by atoms with Crippen LogP contribution in [0.5, 0.6) is 5.75 Å². The molecular weight excluding hydrogens is 426 g/mol. The van der Waals surface area contributed by atoms with Gasteiger partial charge in [-0.05, 0) is 55.9 Å². The molecule has 0 radical (unpaired) electrons. The third-order valence-corrected chi connectivity index (χ3v) is 6.82. The van der Waals surface area contributed by atoms with Gasteiger partial charge >= 0.3 is 5.97 Å². The number of benzene rings is 2. The van der Waals surface area contributed by atoms with Crippen LogP contribution in [0.1, 0.15) is 41.6 Å². The quantitative estimate of drug-likeness (QED) is 0.684. The van der Waals surface area contributed by atoms with Crippen LogP contribution in [0.2, 0.25) is 5.02 Å². The number of hydrogen-bond acceptors (Lipinski definition) is 5. The molecule has 2 saturated heterocycles. The van der Waals surface area contributed by atoms with Gasteiger partial charge < -0.3 is 19.6 Å². The summed E-state index contributed by atoms with van der Waals surface area (Å²) in [6, 6.07) is 14.6. The van der Waals surface area contributed by atoms with Crippen LogP contribution in [0.15, 0.2) is 42.5 Å². The molecule has 0 spiro atoms. The van der Waals surface area contributed by atoms with Gasteiger partial charge in [0.05, 0.1) is 21.8 Å². The zero-order chi connectivity index (χ0) is 22.5. The lowest BCUT2D eigenvalue weighted by Gasteiger charge is -2.38. The molecule has 0 aliphatic carbocycles. The normalized spacial score (nSPS) is 18.3. The Balaban J connectivity index is 1.22. The van der Waals surface area contributed by atoms with Crippen LogP contribution in [-0.2, 0) is 0 Å². The van der Waals surface area contributed by atoms with E-state index in [4.69, 9.17) is 21.6 Å². The Bertz CT molecular complexity index is 990. The highest BCUT2D eigenvalue weighted by Crippen LogP contribution is 2.28. The van der Waals surface area contributed by atoms with Crippen LogP contribution in [0, 0.1) is 17.2 Å². The molecule has 2 aromatic carbocycles. The molecule has 0 amide bonds. The minimum absolute atomic E-state index is 0.171. The van der Waals surface area contributed by atoms with Crippen molar-refractivity contribution in [2.24, 2.45) is 5.92 Å². The Morgan fingerprint density at radius 3 is 2.47 bits per heavy atom. The summed E-state index contributed by atoms with van der Waals surface area (Å²) < 4.78 is 6.09.